The Kier molecular flexibility index (Phi) is 3.57. The van der Waals surface area contributed by atoms with Crippen LogP contribution in [0.2, 0.25) is 0 Å². The number of nitrogens with zero attached hydrogens (tertiary/aromatic N) is 3. The third kappa shape index (κ3) is 3.07. The van der Waals surface area contributed by atoms with Gasteiger partial charge in [-0.15, -0.1) is 0 Å². The summed E-state index contributed by atoms with van der Waals surface area (Å²) in [5.41, 5.74) is 1.69. The Morgan fingerprint density at radius 2 is 2.17 bits per heavy atom. The van der Waals surface area contributed by atoms with E-state index in [0.717, 1.165) is 17.2 Å². The highest BCUT2D eigenvalue weighted by Crippen LogP contribution is 2.15. The molecule has 1 aromatic carbocycles. The number of hydrogen-bond acceptors (Lipinski definition) is 4. The van der Waals surface area contributed by atoms with Crippen LogP contribution in [0.15, 0.2) is 30.6 Å². The lowest BCUT2D eigenvalue weighted by Gasteiger charge is -2.08. The molecule has 0 spiro atoms. The molecule has 0 saturated carbocycles. The van der Waals surface area contributed by atoms with Crippen molar-refractivity contribution >= 4 is 17.3 Å². The smallest absolute Gasteiger partial charge is 0.221 e. The maximum absolute atomic E-state index is 11.0. The lowest BCUT2D eigenvalue weighted by molar-refractivity contribution is -0.114. The molecule has 6 heteroatoms. The number of rotatable bonds is 4. The molecule has 1 heterocycles. The Labute approximate surface area is 105 Å². The fraction of sp³-hybridized carbons (Fsp3) is 0.250. The van der Waals surface area contributed by atoms with Crippen LogP contribution in [0, 0.1) is 0 Å². The van der Waals surface area contributed by atoms with Gasteiger partial charge in [-0.25, -0.2) is 4.98 Å². The van der Waals surface area contributed by atoms with E-state index in [1.807, 2.05) is 31.3 Å². The van der Waals surface area contributed by atoms with Gasteiger partial charge in [-0.2, -0.15) is 5.10 Å². The molecular weight excluding hydrogens is 230 g/mol. The lowest BCUT2D eigenvalue weighted by Crippen LogP contribution is -2.08. The van der Waals surface area contributed by atoms with Crippen LogP contribution in [0.25, 0.3) is 0 Å². The molecule has 0 bridgehead atoms. The van der Waals surface area contributed by atoms with Crippen molar-refractivity contribution < 1.29 is 4.79 Å². The number of benzene rings is 1. The summed E-state index contributed by atoms with van der Waals surface area (Å²) in [5.74, 6) is 0.764. The van der Waals surface area contributed by atoms with Gasteiger partial charge in [0.1, 0.15) is 12.2 Å². The number of nitrogens with one attached hydrogen (secondary N) is 2. The molecule has 2 rings (SSSR count). The molecule has 0 radical (unpaired) electrons. The minimum Gasteiger partial charge on any atom is -0.378 e. The van der Waals surface area contributed by atoms with E-state index in [0.29, 0.717) is 6.54 Å². The van der Waals surface area contributed by atoms with E-state index in [-0.39, 0.29) is 5.91 Å². The van der Waals surface area contributed by atoms with Crippen molar-refractivity contribution in [1.82, 2.24) is 14.8 Å². The summed E-state index contributed by atoms with van der Waals surface area (Å²) >= 11 is 0. The Bertz CT molecular complexity index is 549. The maximum Gasteiger partial charge on any atom is 0.221 e. The molecule has 2 N–H and O–H groups in total. The predicted molar refractivity (Wildman–Crippen MR) is 69.1 cm³/mol. The lowest BCUT2D eigenvalue weighted by atomic mass is 10.2. The van der Waals surface area contributed by atoms with Gasteiger partial charge >= 0.3 is 0 Å². The average Bonchev–Trinajstić information content (AvgIpc) is 2.72. The molecule has 18 heavy (non-hydrogen) atoms. The number of carbonyl (C=O) groups is 1. The van der Waals surface area contributed by atoms with E-state index < -0.39 is 0 Å². The number of amides is 1. The first-order valence-electron chi connectivity index (χ1n) is 5.59. The van der Waals surface area contributed by atoms with Gasteiger partial charge in [0.25, 0.3) is 0 Å². The summed E-state index contributed by atoms with van der Waals surface area (Å²) in [5, 5.41) is 9.96. The zero-order chi connectivity index (χ0) is 13.0. The summed E-state index contributed by atoms with van der Waals surface area (Å²) in [4.78, 5) is 15.1. The summed E-state index contributed by atoms with van der Waals surface area (Å²) in [6.07, 6.45) is 1.52. The molecule has 0 aliphatic heterocycles. The molecule has 0 saturated heterocycles. The Morgan fingerprint density at radius 1 is 1.39 bits per heavy atom. The van der Waals surface area contributed by atoms with Crippen molar-refractivity contribution in [3.63, 3.8) is 0 Å². The van der Waals surface area contributed by atoms with E-state index in [1.54, 1.807) is 4.68 Å². The zero-order valence-electron chi connectivity index (χ0n) is 10.3. The van der Waals surface area contributed by atoms with Crippen LogP contribution >= 0.6 is 0 Å². The van der Waals surface area contributed by atoms with Gasteiger partial charge in [0.05, 0.1) is 6.54 Å². The van der Waals surface area contributed by atoms with Gasteiger partial charge < -0.3 is 10.6 Å². The third-order valence-electron chi connectivity index (χ3n) is 2.44. The first-order chi connectivity index (χ1) is 8.65. The highest BCUT2D eigenvalue weighted by molar-refractivity contribution is 5.89. The first-order valence-corrected chi connectivity index (χ1v) is 5.59. The summed E-state index contributed by atoms with van der Waals surface area (Å²) in [6, 6.07) is 7.53. The van der Waals surface area contributed by atoms with Crippen molar-refractivity contribution in [2.24, 2.45) is 7.05 Å². The van der Waals surface area contributed by atoms with Crippen LogP contribution in [0.4, 0.5) is 11.4 Å². The number of carbonyl (C=O) groups excluding carboxylic acids is 1. The predicted octanol–water partition coefficient (Wildman–Crippen LogP) is 1.39. The molecular formula is C12H15N5O. The van der Waals surface area contributed by atoms with E-state index in [9.17, 15) is 4.79 Å². The molecule has 0 fully saturated rings. The van der Waals surface area contributed by atoms with Gasteiger partial charge in [-0.3, -0.25) is 9.48 Å². The molecule has 0 atom stereocenters. The van der Waals surface area contributed by atoms with Crippen molar-refractivity contribution in [2.75, 3.05) is 10.6 Å². The maximum atomic E-state index is 11.0. The van der Waals surface area contributed by atoms with Gasteiger partial charge in [-0.05, 0) is 18.2 Å². The van der Waals surface area contributed by atoms with Crippen molar-refractivity contribution in [2.45, 2.75) is 13.5 Å². The van der Waals surface area contributed by atoms with Crippen LogP contribution in [-0.4, -0.2) is 20.7 Å². The minimum absolute atomic E-state index is 0.0829. The third-order valence-corrected chi connectivity index (χ3v) is 2.44. The number of hydrogen-bond donors (Lipinski definition) is 2. The van der Waals surface area contributed by atoms with Crippen molar-refractivity contribution in [3.05, 3.63) is 36.4 Å². The molecule has 2 aromatic rings. The molecule has 6 nitrogen and oxygen atoms in total. The van der Waals surface area contributed by atoms with Crippen molar-refractivity contribution in [1.29, 1.82) is 0 Å². The topological polar surface area (TPSA) is 71.8 Å². The average molecular weight is 245 g/mol. The SMILES string of the molecule is CC(=O)Nc1cccc(NCc2ncnn2C)c1. The Balaban J connectivity index is 2.01. The van der Waals surface area contributed by atoms with Crippen LogP contribution in [0.3, 0.4) is 0 Å². The number of anilines is 2. The van der Waals surface area contributed by atoms with E-state index in [1.165, 1.54) is 13.3 Å². The molecule has 0 unspecified atom stereocenters. The van der Waals surface area contributed by atoms with Crippen molar-refractivity contribution in [3.8, 4) is 0 Å². The summed E-state index contributed by atoms with van der Waals surface area (Å²) in [7, 11) is 1.84. The highest BCUT2D eigenvalue weighted by atomic mass is 16.1. The molecule has 0 aliphatic rings. The van der Waals surface area contributed by atoms with Gasteiger partial charge in [0.2, 0.25) is 5.91 Å². The fourth-order valence-electron chi connectivity index (χ4n) is 1.57. The zero-order valence-corrected chi connectivity index (χ0v) is 10.3. The largest absolute Gasteiger partial charge is 0.378 e. The molecule has 1 amide bonds. The van der Waals surface area contributed by atoms with Crippen LogP contribution < -0.4 is 10.6 Å². The van der Waals surface area contributed by atoms with Crippen LogP contribution in [-0.2, 0) is 18.4 Å². The monoisotopic (exact) mass is 245 g/mol. The van der Waals surface area contributed by atoms with Crippen LogP contribution in [0.5, 0.6) is 0 Å². The quantitative estimate of drug-likeness (QED) is 0.853. The molecule has 0 aliphatic carbocycles. The first kappa shape index (κ1) is 12.1. The van der Waals surface area contributed by atoms with Gasteiger partial charge in [0.15, 0.2) is 0 Å². The second kappa shape index (κ2) is 5.31. The van der Waals surface area contributed by atoms with Crippen LogP contribution in [0.1, 0.15) is 12.7 Å². The van der Waals surface area contributed by atoms with E-state index >= 15 is 0 Å². The molecule has 1 aromatic heterocycles. The summed E-state index contributed by atoms with van der Waals surface area (Å²) < 4.78 is 1.71. The number of aromatic nitrogens is 3. The standard InChI is InChI=1S/C12H15N5O/c1-9(18)16-11-5-3-4-10(6-11)13-7-12-14-8-15-17(12)2/h3-6,8,13H,7H2,1-2H3,(H,16,18). The Hall–Kier alpha value is -2.37. The van der Waals surface area contributed by atoms with Gasteiger partial charge in [-0.1, -0.05) is 6.07 Å². The minimum atomic E-state index is -0.0829. The number of aryl methyl sites for hydroxylation is 1. The van der Waals surface area contributed by atoms with E-state index in [2.05, 4.69) is 20.7 Å². The second-order valence-electron chi connectivity index (χ2n) is 3.92. The highest BCUT2D eigenvalue weighted by Gasteiger charge is 2.01. The van der Waals surface area contributed by atoms with E-state index in [4.69, 9.17) is 0 Å². The van der Waals surface area contributed by atoms with Gasteiger partial charge in [0, 0.05) is 25.3 Å². The summed E-state index contributed by atoms with van der Waals surface area (Å²) in [6.45, 7) is 2.07. The Morgan fingerprint density at radius 3 is 2.83 bits per heavy atom. The normalized spacial score (nSPS) is 10.1. The fourth-order valence-corrected chi connectivity index (χ4v) is 1.57. The second-order valence-corrected chi connectivity index (χ2v) is 3.92. The molecule has 94 valence electrons.